The first kappa shape index (κ1) is 21.5. The molecule has 1 saturated heterocycles. The highest BCUT2D eigenvalue weighted by Gasteiger charge is 2.32. The Morgan fingerprint density at radius 2 is 1.86 bits per heavy atom. The van der Waals surface area contributed by atoms with Gasteiger partial charge in [0.25, 0.3) is 0 Å². The maximum Gasteiger partial charge on any atom is 0.243 e. The molecule has 0 saturated carbocycles. The maximum atomic E-state index is 13.1. The van der Waals surface area contributed by atoms with Crippen LogP contribution < -0.4 is 10.1 Å². The van der Waals surface area contributed by atoms with Crippen molar-refractivity contribution in [1.82, 2.24) is 4.31 Å². The first-order valence-electron chi connectivity index (χ1n) is 9.31. The van der Waals surface area contributed by atoms with Crippen molar-refractivity contribution in [1.29, 1.82) is 0 Å². The molecule has 0 radical (unpaired) electrons. The fourth-order valence-corrected chi connectivity index (χ4v) is 4.95. The number of para-hydroxylation sites is 1. The molecular formula is C20H22ClFN2O4S. The van der Waals surface area contributed by atoms with Crippen LogP contribution in [-0.2, 0) is 14.8 Å². The summed E-state index contributed by atoms with van der Waals surface area (Å²) in [5.74, 6) is -0.608. The maximum absolute atomic E-state index is 13.1. The zero-order chi connectivity index (χ0) is 21.0. The molecule has 0 atom stereocenters. The number of piperidine rings is 1. The molecule has 0 aromatic heterocycles. The lowest BCUT2D eigenvalue weighted by Gasteiger charge is -2.30. The molecule has 3 rings (SSSR count). The predicted octanol–water partition coefficient (Wildman–Crippen LogP) is 3.92. The Bertz CT molecular complexity index is 974. The highest BCUT2D eigenvalue weighted by Crippen LogP contribution is 2.34. The van der Waals surface area contributed by atoms with Gasteiger partial charge in [-0.3, -0.25) is 4.79 Å². The smallest absolute Gasteiger partial charge is 0.243 e. The molecule has 2 aromatic rings. The zero-order valence-electron chi connectivity index (χ0n) is 15.9. The summed E-state index contributed by atoms with van der Waals surface area (Å²) in [6.45, 7) is 2.66. The van der Waals surface area contributed by atoms with Gasteiger partial charge < -0.3 is 10.1 Å². The summed E-state index contributed by atoms with van der Waals surface area (Å²) in [5.41, 5.74) is 0.491. The number of anilines is 1. The molecule has 0 bridgehead atoms. The van der Waals surface area contributed by atoms with Gasteiger partial charge in [0.1, 0.15) is 5.82 Å². The van der Waals surface area contributed by atoms with Gasteiger partial charge in [0.2, 0.25) is 15.9 Å². The Kier molecular flexibility index (Phi) is 6.77. The Morgan fingerprint density at radius 1 is 1.21 bits per heavy atom. The van der Waals surface area contributed by atoms with Crippen LogP contribution in [0, 0.1) is 11.7 Å². The lowest BCUT2D eigenvalue weighted by Crippen LogP contribution is -2.41. The van der Waals surface area contributed by atoms with Crippen molar-refractivity contribution in [2.75, 3.05) is 25.0 Å². The molecule has 156 valence electrons. The van der Waals surface area contributed by atoms with E-state index in [-0.39, 0.29) is 29.8 Å². The first-order chi connectivity index (χ1) is 13.8. The van der Waals surface area contributed by atoms with Gasteiger partial charge in [-0.15, -0.1) is 0 Å². The number of amides is 1. The van der Waals surface area contributed by atoms with E-state index >= 15 is 0 Å². The van der Waals surface area contributed by atoms with Gasteiger partial charge in [-0.2, -0.15) is 4.31 Å². The van der Waals surface area contributed by atoms with Crippen LogP contribution in [0.15, 0.2) is 47.4 Å². The molecule has 29 heavy (non-hydrogen) atoms. The third-order valence-electron chi connectivity index (χ3n) is 4.79. The van der Waals surface area contributed by atoms with Gasteiger partial charge in [0.15, 0.2) is 5.75 Å². The van der Waals surface area contributed by atoms with E-state index in [1.807, 2.05) is 6.92 Å². The van der Waals surface area contributed by atoms with E-state index in [2.05, 4.69) is 5.32 Å². The lowest BCUT2D eigenvalue weighted by atomic mass is 9.97. The van der Waals surface area contributed by atoms with Crippen LogP contribution in [0.1, 0.15) is 19.8 Å². The molecule has 1 amide bonds. The standard InChI is InChI=1S/C20H22ClFN2O4S/c1-2-28-19-17(21)4-3-5-18(19)23-20(25)14-10-12-24(13-11-14)29(26,27)16-8-6-15(22)7-9-16/h3-9,14H,2,10-13H2,1H3,(H,23,25). The van der Waals surface area contributed by atoms with E-state index in [1.54, 1.807) is 18.2 Å². The molecule has 1 heterocycles. The van der Waals surface area contributed by atoms with Gasteiger partial charge in [0, 0.05) is 19.0 Å². The number of sulfonamides is 1. The highest BCUT2D eigenvalue weighted by atomic mass is 35.5. The van der Waals surface area contributed by atoms with Crippen molar-refractivity contribution in [3.8, 4) is 5.75 Å². The summed E-state index contributed by atoms with van der Waals surface area (Å²) in [4.78, 5) is 12.7. The molecular weight excluding hydrogens is 419 g/mol. The van der Waals surface area contributed by atoms with Crippen LogP contribution in [0.2, 0.25) is 5.02 Å². The van der Waals surface area contributed by atoms with Crippen LogP contribution in [-0.4, -0.2) is 38.3 Å². The number of rotatable bonds is 6. The van der Waals surface area contributed by atoms with Crippen molar-refractivity contribution >= 4 is 33.2 Å². The molecule has 1 aliphatic rings. The Morgan fingerprint density at radius 3 is 2.48 bits per heavy atom. The largest absolute Gasteiger partial charge is 0.490 e. The van der Waals surface area contributed by atoms with E-state index in [0.717, 1.165) is 12.1 Å². The fraction of sp³-hybridized carbons (Fsp3) is 0.350. The molecule has 2 aromatic carbocycles. The molecule has 0 aliphatic carbocycles. The normalized spacial score (nSPS) is 15.8. The van der Waals surface area contributed by atoms with Crippen molar-refractivity contribution in [3.05, 3.63) is 53.3 Å². The third kappa shape index (κ3) is 4.88. The minimum absolute atomic E-state index is 0.0436. The SMILES string of the molecule is CCOc1c(Cl)cccc1NC(=O)C1CCN(S(=O)(=O)c2ccc(F)cc2)CC1. The van der Waals surface area contributed by atoms with Gasteiger partial charge in [0.05, 0.1) is 22.2 Å². The molecule has 9 heteroatoms. The van der Waals surface area contributed by atoms with Gasteiger partial charge in [-0.1, -0.05) is 17.7 Å². The van der Waals surface area contributed by atoms with Crippen LogP contribution >= 0.6 is 11.6 Å². The predicted molar refractivity (Wildman–Crippen MR) is 109 cm³/mol. The summed E-state index contributed by atoms with van der Waals surface area (Å²) in [6, 6.07) is 9.85. The van der Waals surface area contributed by atoms with Gasteiger partial charge >= 0.3 is 0 Å². The summed E-state index contributed by atoms with van der Waals surface area (Å²) < 4.78 is 45.3. The molecule has 0 spiro atoms. The number of hydrogen-bond donors (Lipinski definition) is 1. The van der Waals surface area contributed by atoms with E-state index < -0.39 is 15.8 Å². The molecule has 1 fully saturated rings. The summed E-state index contributed by atoms with van der Waals surface area (Å²) in [7, 11) is -3.71. The second-order valence-electron chi connectivity index (χ2n) is 6.67. The third-order valence-corrected chi connectivity index (χ3v) is 7.00. The Hall–Kier alpha value is -2.16. The summed E-state index contributed by atoms with van der Waals surface area (Å²) >= 11 is 6.14. The summed E-state index contributed by atoms with van der Waals surface area (Å²) in [6.07, 6.45) is 0.771. The van der Waals surface area contributed by atoms with Crippen molar-refractivity contribution in [2.45, 2.75) is 24.7 Å². The number of carbonyl (C=O) groups excluding carboxylic acids is 1. The zero-order valence-corrected chi connectivity index (χ0v) is 17.5. The minimum atomic E-state index is -3.71. The minimum Gasteiger partial charge on any atom is -0.490 e. The average Bonchev–Trinajstić information content (AvgIpc) is 2.71. The second kappa shape index (κ2) is 9.11. The van der Waals surface area contributed by atoms with E-state index in [9.17, 15) is 17.6 Å². The molecule has 6 nitrogen and oxygen atoms in total. The molecule has 1 N–H and O–H groups in total. The lowest BCUT2D eigenvalue weighted by molar-refractivity contribution is -0.120. The quantitative estimate of drug-likeness (QED) is 0.738. The van der Waals surface area contributed by atoms with Crippen molar-refractivity contribution in [3.63, 3.8) is 0 Å². The highest BCUT2D eigenvalue weighted by molar-refractivity contribution is 7.89. The summed E-state index contributed by atoms with van der Waals surface area (Å²) in [5, 5.41) is 3.25. The van der Waals surface area contributed by atoms with Crippen molar-refractivity contribution in [2.24, 2.45) is 5.92 Å². The average molecular weight is 441 g/mol. The fourth-order valence-electron chi connectivity index (χ4n) is 3.25. The number of carbonyl (C=O) groups is 1. The first-order valence-corrected chi connectivity index (χ1v) is 11.1. The molecule has 1 aliphatic heterocycles. The van der Waals surface area contributed by atoms with Gasteiger partial charge in [-0.25, -0.2) is 12.8 Å². The van der Waals surface area contributed by atoms with E-state index in [0.29, 0.717) is 35.9 Å². The van der Waals surface area contributed by atoms with Crippen LogP contribution in [0.5, 0.6) is 5.75 Å². The monoisotopic (exact) mass is 440 g/mol. The number of halogens is 2. The number of benzene rings is 2. The topological polar surface area (TPSA) is 75.7 Å². The Labute approximate surface area is 174 Å². The number of nitrogens with one attached hydrogen (secondary N) is 1. The number of nitrogens with zero attached hydrogens (tertiary/aromatic N) is 1. The van der Waals surface area contributed by atoms with Gasteiger partial charge in [-0.05, 0) is 56.2 Å². The van der Waals surface area contributed by atoms with E-state index in [1.165, 1.54) is 16.4 Å². The van der Waals surface area contributed by atoms with Crippen molar-refractivity contribution < 1.29 is 22.3 Å². The molecule has 0 unspecified atom stereocenters. The number of hydrogen-bond acceptors (Lipinski definition) is 4. The van der Waals surface area contributed by atoms with E-state index in [4.69, 9.17) is 16.3 Å². The second-order valence-corrected chi connectivity index (χ2v) is 9.02. The van der Waals surface area contributed by atoms with Crippen LogP contribution in [0.25, 0.3) is 0 Å². The van der Waals surface area contributed by atoms with Crippen LogP contribution in [0.3, 0.4) is 0 Å². The number of ether oxygens (including phenoxy) is 1. The Balaban J connectivity index is 1.64. The van der Waals surface area contributed by atoms with Crippen LogP contribution in [0.4, 0.5) is 10.1 Å².